The number of carbonyl (C=O) groups excluding carboxylic acids is 1. The number of nitrogens with two attached hydrogens (primary N) is 1. The first-order valence-corrected chi connectivity index (χ1v) is 10.5. The fourth-order valence-corrected chi connectivity index (χ4v) is 4.89. The second kappa shape index (κ2) is 9.31. The molecule has 3 N–H and O–H groups in total. The largest absolute Gasteiger partial charge is 0.354 e. The molecule has 1 heterocycles. The second-order valence-electron chi connectivity index (χ2n) is 6.50. The molecule has 1 unspecified atom stereocenters. The molecule has 0 spiro atoms. The molecule has 1 amide bonds. The van der Waals surface area contributed by atoms with Crippen LogP contribution in [0.15, 0.2) is 29.2 Å². The number of hydrogen-bond acceptors (Lipinski definition) is 4. The fraction of sp³-hybridized carbons (Fsp3) is 0.611. The van der Waals surface area contributed by atoms with Gasteiger partial charge in [-0.05, 0) is 37.0 Å². The molecule has 1 aromatic rings. The Labute approximate surface area is 150 Å². The van der Waals surface area contributed by atoms with Gasteiger partial charge in [0.25, 0.3) is 0 Å². The maximum atomic E-state index is 13.0. The molecule has 1 aromatic carbocycles. The van der Waals surface area contributed by atoms with Gasteiger partial charge in [0.15, 0.2) is 0 Å². The quantitative estimate of drug-likeness (QED) is 0.731. The van der Waals surface area contributed by atoms with Crippen molar-refractivity contribution in [2.45, 2.75) is 56.4 Å². The van der Waals surface area contributed by atoms with Crippen molar-refractivity contribution in [1.82, 2.24) is 9.62 Å². The van der Waals surface area contributed by atoms with E-state index in [1.807, 2.05) is 12.1 Å². The van der Waals surface area contributed by atoms with Crippen molar-refractivity contribution in [3.63, 3.8) is 0 Å². The average Bonchev–Trinajstić information content (AvgIpc) is 2.61. The van der Waals surface area contributed by atoms with Crippen molar-refractivity contribution in [1.29, 1.82) is 0 Å². The fourth-order valence-electron chi connectivity index (χ4n) is 3.20. The third-order valence-electron chi connectivity index (χ3n) is 4.55. The maximum Gasteiger partial charge on any atom is 0.243 e. The minimum absolute atomic E-state index is 0.130. The van der Waals surface area contributed by atoms with Gasteiger partial charge in [0, 0.05) is 32.1 Å². The summed E-state index contributed by atoms with van der Waals surface area (Å²) in [5, 5.41) is 2.81. The monoisotopic (exact) mass is 367 g/mol. The highest BCUT2D eigenvalue weighted by Crippen LogP contribution is 2.25. The molecule has 0 aromatic heterocycles. The van der Waals surface area contributed by atoms with Gasteiger partial charge in [-0.15, -0.1) is 0 Å². The molecule has 2 rings (SSSR count). The molecule has 0 radical (unpaired) electrons. The van der Waals surface area contributed by atoms with Crippen LogP contribution in [0.4, 0.5) is 0 Å². The maximum absolute atomic E-state index is 13.0. The summed E-state index contributed by atoms with van der Waals surface area (Å²) in [6, 6.07) is 6.96. The van der Waals surface area contributed by atoms with Gasteiger partial charge in [0.2, 0.25) is 15.9 Å². The number of nitrogens with one attached hydrogen (secondary N) is 1. The summed E-state index contributed by atoms with van der Waals surface area (Å²) < 4.78 is 27.6. The smallest absolute Gasteiger partial charge is 0.243 e. The standard InChI is InChI=1S/C18H29N3O3S/c1-2-5-15-7-9-17(10-8-15)25(23,24)21-13-4-3-6-16(21)14-20-18(22)11-12-19/h7-10,16H,2-6,11-14,19H2,1H3,(H,20,22). The summed E-state index contributed by atoms with van der Waals surface area (Å²) in [7, 11) is -3.55. The Morgan fingerprint density at radius 2 is 2.00 bits per heavy atom. The van der Waals surface area contributed by atoms with Crippen molar-refractivity contribution >= 4 is 15.9 Å². The van der Waals surface area contributed by atoms with Crippen LogP contribution in [0.5, 0.6) is 0 Å². The number of rotatable bonds is 8. The summed E-state index contributed by atoms with van der Waals surface area (Å²) in [6.45, 7) is 3.23. The normalized spacial score (nSPS) is 18.9. The molecule has 1 aliphatic heterocycles. The first-order valence-electron chi connectivity index (χ1n) is 9.06. The number of nitrogens with zero attached hydrogens (tertiary/aromatic N) is 1. The Hall–Kier alpha value is -1.44. The van der Waals surface area contributed by atoms with Crippen molar-refractivity contribution in [2.24, 2.45) is 5.73 Å². The van der Waals surface area contributed by atoms with Gasteiger partial charge < -0.3 is 11.1 Å². The van der Waals surface area contributed by atoms with E-state index >= 15 is 0 Å². The zero-order chi connectivity index (χ0) is 18.3. The van der Waals surface area contributed by atoms with Crippen LogP contribution in [-0.4, -0.2) is 44.3 Å². The summed E-state index contributed by atoms with van der Waals surface area (Å²) in [5.74, 6) is -0.130. The topological polar surface area (TPSA) is 92.5 Å². The first kappa shape index (κ1) is 19.9. The number of amides is 1. The minimum atomic E-state index is -3.55. The number of benzene rings is 1. The molecule has 0 saturated carbocycles. The zero-order valence-electron chi connectivity index (χ0n) is 14.9. The van der Waals surface area contributed by atoms with Gasteiger partial charge in [0.1, 0.15) is 0 Å². The summed E-state index contributed by atoms with van der Waals surface area (Å²) in [4.78, 5) is 12.0. The third-order valence-corrected chi connectivity index (χ3v) is 6.51. The van der Waals surface area contributed by atoms with Crippen LogP contribution in [0, 0.1) is 0 Å². The lowest BCUT2D eigenvalue weighted by atomic mass is 10.1. The average molecular weight is 368 g/mol. The number of hydrogen-bond donors (Lipinski definition) is 2. The number of piperidine rings is 1. The Bertz CT molecular complexity index is 659. The predicted molar refractivity (Wildman–Crippen MR) is 98.6 cm³/mol. The summed E-state index contributed by atoms with van der Waals surface area (Å²) in [5.41, 5.74) is 6.52. The summed E-state index contributed by atoms with van der Waals surface area (Å²) >= 11 is 0. The lowest BCUT2D eigenvalue weighted by Gasteiger charge is -2.34. The molecular formula is C18H29N3O3S. The van der Waals surface area contributed by atoms with E-state index in [9.17, 15) is 13.2 Å². The molecular weight excluding hydrogens is 338 g/mol. The second-order valence-corrected chi connectivity index (χ2v) is 8.39. The molecule has 6 nitrogen and oxygen atoms in total. The van der Waals surface area contributed by atoms with Gasteiger partial charge in [-0.25, -0.2) is 8.42 Å². The lowest BCUT2D eigenvalue weighted by molar-refractivity contribution is -0.121. The number of sulfonamides is 1. The van der Waals surface area contributed by atoms with E-state index in [2.05, 4.69) is 12.2 Å². The van der Waals surface area contributed by atoms with E-state index in [-0.39, 0.29) is 18.4 Å². The van der Waals surface area contributed by atoms with E-state index in [0.717, 1.165) is 37.7 Å². The van der Waals surface area contributed by atoms with E-state index in [1.165, 1.54) is 0 Å². The van der Waals surface area contributed by atoms with E-state index < -0.39 is 10.0 Å². The highest BCUT2D eigenvalue weighted by atomic mass is 32.2. The van der Waals surface area contributed by atoms with Crippen LogP contribution in [0.3, 0.4) is 0 Å². The number of carbonyl (C=O) groups is 1. The van der Waals surface area contributed by atoms with Gasteiger partial charge in [-0.1, -0.05) is 31.9 Å². The molecule has 140 valence electrons. The van der Waals surface area contributed by atoms with Crippen LogP contribution in [0.1, 0.15) is 44.6 Å². The molecule has 0 aliphatic carbocycles. The Morgan fingerprint density at radius 1 is 1.28 bits per heavy atom. The van der Waals surface area contributed by atoms with E-state index in [4.69, 9.17) is 5.73 Å². The Morgan fingerprint density at radius 3 is 2.64 bits per heavy atom. The molecule has 1 atom stereocenters. The zero-order valence-corrected chi connectivity index (χ0v) is 15.7. The van der Waals surface area contributed by atoms with Crippen LogP contribution >= 0.6 is 0 Å². The van der Waals surface area contributed by atoms with Gasteiger partial charge in [0.05, 0.1) is 4.90 Å². The van der Waals surface area contributed by atoms with Crippen molar-refractivity contribution in [3.05, 3.63) is 29.8 Å². The molecule has 1 aliphatic rings. The first-order chi connectivity index (χ1) is 12.0. The highest BCUT2D eigenvalue weighted by Gasteiger charge is 2.33. The minimum Gasteiger partial charge on any atom is -0.354 e. The molecule has 25 heavy (non-hydrogen) atoms. The number of aryl methyl sites for hydroxylation is 1. The lowest BCUT2D eigenvalue weighted by Crippen LogP contribution is -2.49. The molecule has 0 bridgehead atoms. The molecule has 1 fully saturated rings. The van der Waals surface area contributed by atoms with Crippen LogP contribution in [0.25, 0.3) is 0 Å². The van der Waals surface area contributed by atoms with Crippen LogP contribution in [0.2, 0.25) is 0 Å². The van der Waals surface area contributed by atoms with Crippen molar-refractivity contribution < 1.29 is 13.2 Å². The van der Waals surface area contributed by atoms with E-state index in [0.29, 0.717) is 24.5 Å². The Kier molecular flexibility index (Phi) is 7.40. The molecule has 7 heteroatoms. The van der Waals surface area contributed by atoms with E-state index in [1.54, 1.807) is 16.4 Å². The SMILES string of the molecule is CCCc1ccc(S(=O)(=O)N2CCCCC2CNC(=O)CCN)cc1. The third kappa shape index (κ3) is 5.26. The van der Waals surface area contributed by atoms with Crippen molar-refractivity contribution in [3.8, 4) is 0 Å². The van der Waals surface area contributed by atoms with Gasteiger partial charge >= 0.3 is 0 Å². The van der Waals surface area contributed by atoms with Crippen LogP contribution < -0.4 is 11.1 Å². The van der Waals surface area contributed by atoms with Gasteiger partial charge in [-0.2, -0.15) is 4.31 Å². The predicted octanol–water partition coefficient (Wildman–Crippen LogP) is 1.65. The van der Waals surface area contributed by atoms with Crippen molar-refractivity contribution in [2.75, 3.05) is 19.6 Å². The molecule has 1 saturated heterocycles. The van der Waals surface area contributed by atoms with Gasteiger partial charge in [-0.3, -0.25) is 4.79 Å². The van der Waals surface area contributed by atoms with Crippen LogP contribution in [-0.2, 0) is 21.2 Å². The Balaban J connectivity index is 2.12. The summed E-state index contributed by atoms with van der Waals surface area (Å²) in [6.07, 6.45) is 4.82. The highest BCUT2D eigenvalue weighted by molar-refractivity contribution is 7.89.